The molecule has 0 radical (unpaired) electrons. The summed E-state index contributed by atoms with van der Waals surface area (Å²) in [5.41, 5.74) is 3.60. The van der Waals surface area contributed by atoms with Gasteiger partial charge in [-0.15, -0.1) is 11.3 Å². The second-order valence-corrected chi connectivity index (χ2v) is 17.1. The molecule has 2 aliphatic heterocycles. The van der Waals surface area contributed by atoms with E-state index in [2.05, 4.69) is 0 Å². The van der Waals surface area contributed by atoms with Gasteiger partial charge in [-0.1, -0.05) is 47.5 Å². The first-order valence-electron chi connectivity index (χ1n) is 18.5. The summed E-state index contributed by atoms with van der Waals surface area (Å²) in [6.45, 7) is 5.87. The maximum Gasteiger partial charge on any atom is 0.242 e. The number of rotatable bonds is 6. The molecule has 280 valence electrons. The van der Waals surface area contributed by atoms with Gasteiger partial charge in [-0.2, -0.15) is 5.10 Å². The van der Waals surface area contributed by atoms with Crippen LogP contribution < -0.4 is 4.90 Å². The molecule has 0 bridgehead atoms. The van der Waals surface area contributed by atoms with Crippen molar-refractivity contribution in [2.75, 3.05) is 11.4 Å². The molecule has 4 amide bonds. The Bertz CT molecular complexity index is 2520. The Labute approximate surface area is 326 Å². The van der Waals surface area contributed by atoms with E-state index in [0.717, 1.165) is 37.2 Å². The van der Waals surface area contributed by atoms with Gasteiger partial charge in [-0.3, -0.25) is 28.8 Å². The maximum absolute atomic E-state index is 15.1. The van der Waals surface area contributed by atoms with Crippen molar-refractivity contribution in [3.8, 4) is 22.1 Å². The average molecular weight is 775 g/mol. The van der Waals surface area contributed by atoms with Gasteiger partial charge in [0.05, 0.1) is 28.0 Å². The number of phenolic OH excluding ortho intramolecular Hbond substituents is 2. The molecule has 9 rings (SSSR count). The number of likely N-dealkylation sites (tertiary alicyclic amines) is 1. The molecule has 2 aromatic heterocycles. The molecular weight excluding hydrogens is 736 g/mol. The Kier molecular flexibility index (Phi) is 8.15. The van der Waals surface area contributed by atoms with Crippen LogP contribution in [-0.2, 0) is 32.6 Å². The number of anilines is 1. The number of nitrogens with zero attached hydrogens (tertiary/aromatic N) is 4. The molecule has 4 heterocycles. The number of allylic oxidation sites excluding steroid dienone is 2. The van der Waals surface area contributed by atoms with Crippen LogP contribution in [0.25, 0.3) is 20.7 Å². The van der Waals surface area contributed by atoms with Crippen LogP contribution in [0, 0.1) is 42.9 Å². The van der Waals surface area contributed by atoms with Crippen LogP contribution in [-0.4, -0.2) is 55.1 Å². The number of fused-ring (bicyclic) bond motifs is 5. The van der Waals surface area contributed by atoms with E-state index in [4.69, 9.17) is 16.7 Å². The maximum atomic E-state index is 15.1. The zero-order valence-corrected chi connectivity index (χ0v) is 32.3. The highest BCUT2D eigenvalue weighted by atomic mass is 35.5. The van der Waals surface area contributed by atoms with E-state index in [1.54, 1.807) is 72.5 Å². The number of hydrogen-bond donors (Lipinski definition) is 2. The van der Waals surface area contributed by atoms with Crippen LogP contribution in [0.15, 0.2) is 78.4 Å². The Balaban J connectivity index is 1.10. The first kappa shape index (κ1) is 35.4. The van der Waals surface area contributed by atoms with Gasteiger partial charge >= 0.3 is 0 Å². The molecular formula is C43H39ClN4O6S. The topological polar surface area (TPSA) is 133 Å². The summed E-state index contributed by atoms with van der Waals surface area (Å²) in [5.74, 6) is -3.60. The molecule has 10 nitrogen and oxygen atoms in total. The molecule has 1 saturated carbocycles. The second kappa shape index (κ2) is 12.6. The minimum absolute atomic E-state index is 0.119. The molecule has 2 aliphatic carbocycles. The van der Waals surface area contributed by atoms with Crippen LogP contribution in [0.1, 0.15) is 47.9 Å². The third kappa shape index (κ3) is 5.23. The highest BCUT2D eigenvalue weighted by Crippen LogP contribution is 2.64. The van der Waals surface area contributed by atoms with Crippen molar-refractivity contribution in [3.63, 3.8) is 0 Å². The van der Waals surface area contributed by atoms with Crippen molar-refractivity contribution < 1.29 is 29.4 Å². The van der Waals surface area contributed by atoms with Crippen LogP contribution in [0.4, 0.5) is 5.82 Å². The van der Waals surface area contributed by atoms with E-state index in [1.807, 2.05) is 44.2 Å². The van der Waals surface area contributed by atoms with Gasteiger partial charge in [-0.25, -0.2) is 4.90 Å². The Morgan fingerprint density at radius 3 is 2.44 bits per heavy atom. The number of hydrogen-bond acceptors (Lipinski definition) is 8. The summed E-state index contributed by atoms with van der Waals surface area (Å²) in [6, 6.07) is 19.5. The summed E-state index contributed by atoms with van der Waals surface area (Å²) in [4.78, 5) is 61.8. The number of benzene rings is 3. The number of imide groups is 2. The van der Waals surface area contributed by atoms with Crippen molar-refractivity contribution in [3.05, 3.63) is 106 Å². The van der Waals surface area contributed by atoms with Crippen molar-refractivity contribution >= 4 is 62.5 Å². The Morgan fingerprint density at radius 1 is 0.927 bits per heavy atom. The van der Waals surface area contributed by atoms with Crippen LogP contribution in [0.3, 0.4) is 0 Å². The normalized spacial score (nSPS) is 26.1. The molecule has 0 unspecified atom stereocenters. The van der Waals surface area contributed by atoms with E-state index in [9.17, 15) is 24.6 Å². The molecule has 2 saturated heterocycles. The highest BCUT2D eigenvalue weighted by Gasteiger charge is 2.68. The lowest BCUT2D eigenvalue weighted by atomic mass is 9.51. The summed E-state index contributed by atoms with van der Waals surface area (Å²) in [6.07, 6.45) is 3.07. The van der Waals surface area contributed by atoms with Gasteiger partial charge in [-0.05, 0) is 110 Å². The predicted octanol–water partition coefficient (Wildman–Crippen LogP) is 7.46. The zero-order valence-electron chi connectivity index (χ0n) is 30.7. The molecule has 5 aromatic rings. The number of phenols is 2. The predicted molar refractivity (Wildman–Crippen MR) is 210 cm³/mol. The van der Waals surface area contributed by atoms with E-state index >= 15 is 4.79 Å². The zero-order chi connectivity index (χ0) is 38.7. The fourth-order valence-corrected chi connectivity index (χ4v) is 11.2. The number of aryl methyl sites for hydroxylation is 3. The van der Waals surface area contributed by atoms with Gasteiger partial charge < -0.3 is 10.2 Å². The van der Waals surface area contributed by atoms with Crippen LogP contribution >= 0.6 is 22.9 Å². The van der Waals surface area contributed by atoms with E-state index < -0.39 is 35.0 Å². The number of aromatic hydroxyl groups is 2. The quantitative estimate of drug-likeness (QED) is 0.135. The number of carbonyl (C=O) groups is 4. The van der Waals surface area contributed by atoms with Crippen molar-refractivity contribution in [2.45, 2.75) is 46.0 Å². The second-order valence-electron chi connectivity index (χ2n) is 15.7. The van der Waals surface area contributed by atoms with Crippen molar-refractivity contribution in [2.24, 2.45) is 36.1 Å². The van der Waals surface area contributed by atoms with E-state index in [1.165, 1.54) is 9.80 Å². The number of halogens is 1. The van der Waals surface area contributed by atoms with Gasteiger partial charge in [0.25, 0.3) is 0 Å². The number of amides is 4. The first-order valence-corrected chi connectivity index (χ1v) is 19.7. The molecule has 0 spiro atoms. The van der Waals surface area contributed by atoms with Gasteiger partial charge in [0.15, 0.2) is 0 Å². The fraction of sp³-hybridized carbons (Fsp3) is 0.326. The molecule has 55 heavy (non-hydrogen) atoms. The fourth-order valence-electron chi connectivity index (χ4n) is 9.88. The summed E-state index contributed by atoms with van der Waals surface area (Å²) in [7, 11) is 1.73. The largest absolute Gasteiger partial charge is 0.508 e. The number of thiophene rings is 1. The van der Waals surface area contributed by atoms with Crippen LogP contribution in [0.5, 0.6) is 11.5 Å². The summed E-state index contributed by atoms with van der Waals surface area (Å²) >= 11 is 7.89. The summed E-state index contributed by atoms with van der Waals surface area (Å²) in [5, 5.41) is 26.7. The molecule has 3 aromatic carbocycles. The Morgan fingerprint density at radius 2 is 1.69 bits per heavy atom. The molecule has 6 atom stereocenters. The molecule has 2 N–H and O–H groups in total. The smallest absolute Gasteiger partial charge is 0.242 e. The minimum Gasteiger partial charge on any atom is -0.508 e. The van der Waals surface area contributed by atoms with Crippen molar-refractivity contribution in [1.82, 2.24) is 14.7 Å². The third-order valence-electron chi connectivity index (χ3n) is 12.7. The lowest BCUT2D eigenvalue weighted by Gasteiger charge is -2.49. The number of aromatic nitrogens is 2. The average Bonchev–Trinajstić information content (AvgIpc) is 3.83. The van der Waals surface area contributed by atoms with Gasteiger partial charge in [0.2, 0.25) is 23.6 Å². The number of carbonyl (C=O) groups excluding carboxylic acids is 4. The highest BCUT2D eigenvalue weighted by molar-refractivity contribution is 7.22. The molecule has 12 heteroatoms. The Hall–Kier alpha value is -5.26. The SMILES string of the molecule is Cc1cc([C@H]2C3=CC[C@@H]4C(=O)N(CCc5ccc(O)cc5)C(=O)[C@@H]4[C@@H]3C[C@H]3C(=O)N(c4cc(-c5sc6ccc(Cl)cc6c5C)nn4C)C(=O)[C@@]23C)ccc1O. The van der Waals surface area contributed by atoms with E-state index in [0.29, 0.717) is 34.9 Å². The first-order chi connectivity index (χ1) is 26.3. The van der Waals surface area contributed by atoms with E-state index in [-0.39, 0.29) is 48.1 Å². The minimum atomic E-state index is -1.23. The summed E-state index contributed by atoms with van der Waals surface area (Å²) < 4.78 is 2.63. The molecule has 4 aliphatic rings. The standard InChI is InChI=1S/C43H39ClN4O6S/c1-21-17-24(7-13-33(21)50)37-27-11-12-28-36(41(53)47(39(28)51)16-15-23-5-9-26(49)10-6-23)30(27)19-31-40(52)48(42(54)43(31,37)3)35-20-32(45-46(35)4)38-22(2)29-18-25(44)8-14-34(29)55-38/h5-11,13-14,17-18,20,28,30-31,36-37,49-50H,12,15-16,19H2,1-4H3/t28-,30+,31-,36-,37-,43+/m0/s1. The van der Waals surface area contributed by atoms with Crippen LogP contribution in [0.2, 0.25) is 5.02 Å². The third-order valence-corrected chi connectivity index (χ3v) is 14.2. The van der Waals surface area contributed by atoms with Crippen molar-refractivity contribution in [1.29, 1.82) is 0 Å². The monoisotopic (exact) mass is 774 g/mol. The van der Waals surface area contributed by atoms with Gasteiger partial charge in [0, 0.05) is 35.3 Å². The lowest BCUT2D eigenvalue weighted by Crippen LogP contribution is -2.49. The molecule has 3 fully saturated rings. The van der Waals surface area contributed by atoms with Gasteiger partial charge in [0.1, 0.15) is 23.0 Å². The lowest BCUT2D eigenvalue weighted by molar-refractivity contribution is -0.140.